The number of hydrogen-bond acceptors (Lipinski definition) is 3. The van der Waals surface area contributed by atoms with E-state index in [1.54, 1.807) is 13.4 Å². The SMILES string of the molecule is CCCc1cncnc1-c1cccc([C@@H](C)OC)c1. The Hall–Kier alpha value is -1.74. The van der Waals surface area contributed by atoms with Crippen molar-refractivity contribution in [2.24, 2.45) is 0 Å². The van der Waals surface area contributed by atoms with Crippen LogP contribution in [0.2, 0.25) is 0 Å². The Bertz CT molecular complexity index is 540. The summed E-state index contributed by atoms with van der Waals surface area (Å²) in [6.45, 7) is 4.21. The molecular formula is C16H20N2O. The first kappa shape index (κ1) is 13.7. The van der Waals surface area contributed by atoms with Gasteiger partial charge in [0, 0.05) is 18.9 Å². The van der Waals surface area contributed by atoms with E-state index in [9.17, 15) is 0 Å². The maximum Gasteiger partial charge on any atom is 0.116 e. The summed E-state index contributed by atoms with van der Waals surface area (Å²) in [5.41, 5.74) is 4.53. The van der Waals surface area contributed by atoms with E-state index in [2.05, 4.69) is 41.2 Å². The number of ether oxygens (including phenoxy) is 1. The summed E-state index contributed by atoms with van der Waals surface area (Å²) < 4.78 is 5.37. The van der Waals surface area contributed by atoms with Crippen LogP contribution in [-0.2, 0) is 11.2 Å². The molecule has 0 spiro atoms. The highest BCUT2D eigenvalue weighted by molar-refractivity contribution is 5.63. The summed E-state index contributed by atoms with van der Waals surface area (Å²) in [6.07, 6.45) is 5.71. The minimum atomic E-state index is 0.0939. The van der Waals surface area contributed by atoms with Gasteiger partial charge >= 0.3 is 0 Å². The lowest BCUT2D eigenvalue weighted by Gasteiger charge is -2.12. The standard InChI is InChI=1S/C16H20N2O/c1-4-6-15-10-17-11-18-16(15)14-8-5-7-13(9-14)12(2)19-3/h5,7-12H,4,6H2,1-3H3/t12-/m1/s1. The van der Waals surface area contributed by atoms with Crippen LogP contribution in [0.1, 0.15) is 37.5 Å². The maximum absolute atomic E-state index is 5.37. The minimum Gasteiger partial charge on any atom is -0.377 e. The van der Waals surface area contributed by atoms with Gasteiger partial charge in [-0.3, -0.25) is 0 Å². The predicted molar refractivity (Wildman–Crippen MR) is 76.9 cm³/mol. The summed E-state index contributed by atoms with van der Waals surface area (Å²) in [4.78, 5) is 8.57. The molecule has 1 aromatic carbocycles. The van der Waals surface area contributed by atoms with Gasteiger partial charge in [-0.1, -0.05) is 31.5 Å². The van der Waals surface area contributed by atoms with Gasteiger partial charge in [-0.2, -0.15) is 0 Å². The largest absolute Gasteiger partial charge is 0.377 e. The molecular weight excluding hydrogens is 236 g/mol. The van der Waals surface area contributed by atoms with Crippen molar-refractivity contribution in [3.63, 3.8) is 0 Å². The van der Waals surface area contributed by atoms with Crippen molar-refractivity contribution < 1.29 is 4.74 Å². The third-order valence-corrected chi connectivity index (χ3v) is 3.29. The number of nitrogens with zero attached hydrogens (tertiary/aromatic N) is 2. The van der Waals surface area contributed by atoms with Crippen molar-refractivity contribution in [2.45, 2.75) is 32.8 Å². The number of aryl methyl sites for hydroxylation is 1. The van der Waals surface area contributed by atoms with E-state index in [4.69, 9.17) is 4.74 Å². The van der Waals surface area contributed by atoms with E-state index in [0.717, 1.165) is 24.1 Å². The van der Waals surface area contributed by atoms with Gasteiger partial charge in [0.2, 0.25) is 0 Å². The third-order valence-electron chi connectivity index (χ3n) is 3.29. The van der Waals surface area contributed by atoms with Crippen molar-refractivity contribution in [2.75, 3.05) is 7.11 Å². The number of aromatic nitrogens is 2. The van der Waals surface area contributed by atoms with Gasteiger partial charge in [-0.05, 0) is 30.5 Å². The molecule has 1 aromatic heterocycles. The second kappa shape index (κ2) is 6.43. The lowest BCUT2D eigenvalue weighted by atomic mass is 10.0. The zero-order chi connectivity index (χ0) is 13.7. The fraction of sp³-hybridized carbons (Fsp3) is 0.375. The molecule has 19 heavy (non-hydrogen) atoms. The van der Waals surface area contributed by atoms with Crippen molar-refractivity contribution in [1.29, 1.82) is 0 Å². The highest BCUT2D eigenvalue weighted by atomic mass is 16.5. The monoisotopic (exact) mass is 256 g/mol. The van der Waals surface area contributed by atoms with Crippen LogP contribution in [-0.4, -0.2) is 17.1 Å². The zero-order valence-corrected chi connectivity index (χ0v) is 11.8. The third kappa shape index (κ3) is 3.18. The van der Waals surface area contributed by atoms with Crippen LogP contribution < -0.4 is 0 Å². The summed E-state index contributed by atoms with van der Waals surface area (Å²) in [6, 6.07) is 8.37. The number of benzene rings is 1. The average molecular weight is 256 g/mol. The molecule has 1 heterocycles. The van der Waals surface area contributed by atoms with Gasteiger partial charge in [-0.15, -0.1) is 0 Å². The second-order valence-electron chi connectivity index (χ2n) is 4.65. The first-order valence-corrected chi connectivity index (χ1v) is 6.68. The molecule has 2 rings (SSSR count). The molecule has 1 atom stereocenters. The molecule has 0 bridgehead atoms. The Morgan fingerprint density at radius 1 is 1.32 bits per heavy atom. The van der Waals surface area contributed by atoms with Gasteiger partial charge < -0.3 is 4.74 Å². The Morgan fingerprint density at radius 2 is 2.16 bits per heavy atom. The highest BCUT2D eigenvalue weighted by Crippen LogP contribution is 2.25. The van der Waals surface area contributed by atoms with Gasteiger partial charge in [0.05, 0.1) is 11.8 Å². The zero-order valence-electron chi connectivity index (χ0n) is 11.8. The minimum absolute atomic E-state index is 0.0939. The first-order valence-electron chi connectivity index (χ1n) is 6.68. The Morgan fingerprint density at radius 3 is 2.89 bits per heavy atom. The molecule has 0 radical (unpaired) electrons. The van der Waals surface area contributed by atoms with E-state index >= 15 is 0 Å². The van der Waals surface area contributed by atoms with Crippen molar-refractivity contribution >= 4 is 0 Å². The van der Waals surface area contributed by atoms with Crippen LogP contribution in [0.15, 0.2) is 36.8 Å². The van der Waals surface area contributed by atoms with Crippen LogP contribution >= 0.6 is 0 Å². The molecule has 2 aromatic rings. The van der Waals surface area contributed by atoms with E-state index in [1.165, 1.54) is 11.1 Å². The maximum atomic E-state index is 5.37. The Balaban J connectivity index is 2.41. The van der Waals surface area contributed by atoms with E-state index < -0.39 is 0 Å². The van der Waals surface area contributed by atoms with Crippen molar-refractivity contribution in [3.8, 4) is 11.3 Å². The van der Waals surface area contributed by atoms with Crippen LogP contribution in [0.25, 0.3) is 11.3 Å². The van der Waals surface area contributed by atoms with Gasteiger partial charge in [0.1, 0.15) is 6.33 Å². The van der Waals surface area contributed by atoms with Crippen LogP contribution in [0.3, 0.4) is 0 Å². The average Bonchev–Trinajstić information content (AvgIpc) is 2.47. The summed E-state index contributed by atoms with van der Waals surface area (Å²) in [7, 11) is 1.73. The van der Waals surface area contributed by atoms with Gasteiger partial charge in [0.15, 0.2) is 0 Å². The Kier molecular flexibility index (Phi) is 4.63. The molecule has 3 heteroatoms. The molecule has 0 N–H and O–H groups in total. The normalized spacial score (nSPS) is 12.4. The molecule has 0 aliphatic carbocycles. The van der Waals surface area contributed by atoms with Crippen LogP contribution in [0.4, 0.5) is 0 Å². The van der Waals surface area contributed by atoms with E-state index in [-0.39, 0.29) is 6.10 Å². The Labute approximate surface area is 114 Å². The lowest BCUT2D eigenvalue weighted by Crippen LogP contribution is -1.98. The molecule has 0 saturated carbocycles. The summed E-state index contributed by atoms with van der Waals surface area (Å²) >= 11 is 0. The van der Waals surface area contributed by atoms with Gasteiger partial charge in [-0.25, -0.2) is 9.97 Å². The molecule has 0 aliphatic heterocycles. The summed E-state index contributed by atoms with van der Waals surface area (Å²) in [5.74, 6) is 0. The first-order chi connectivity index (χ1) is 9.26. The van der Waals surface area contributed by atoms with Crippen molar-refractivity contribution in [1.82, 2.24) is 9.97 Å². The molecule has 0 fully saturated rings. The fourth-order valence-corrected chi connectivity index (χ4v) is 2.15. The molecule has 0 amide bonds. The molecule has 0 saturated heterocycles. The van der Waals surface area contributed by atoms with Crippen LogP contribution in [0.5, 0.6) is 0 Å². The predicted octanol–water partition coefficient (Wildman–Crippen LogP) is 3.80. The number of hydrogen-bond donors (Lipinski definition) is 0. The van der Waals surface area contributed by atoms with Gasteiger partial charge in [0.25, 0.3) is 0 Å². The molecule has 100 valence electrons. The quantitative estimate of drug-likeness (QED) is 0.816. The topological polar surface area (TPSA) is 35.0 Å². The summed E-state index contributed by atoms with van der Waals surface area (Å²) in [5, 5.41) is 0. The van der Waals surface area contributed by atoms with Crippen molar-refractivity contribution in [3.05, 3.63) is 47.9 Å². The molecule has 0 aliphatic rings. The van der Waals surface area contributed by atoms with Crippen LogP contribution in [0, 0.1) is 0 Å². The second-order valence-corrected chi connectivity index (χ2v) is 4.65. The lowest BCUT2D eigenvalue weighted by molar-refractivity contribution is 0.119. The van der Waals surface area contributed by atoms with E-state index in [0.29, 0.717) is 0 Å². The number of rotatable bonds is 5. The van der Waals surface area contributed by atoms with E-state index in [1.807, 2.05) is 13.1 Å². The fourth-order valence-electron chi connectivity index (χ4n) is 2.15. The molecule has 0 unspecified atom stereocenters. The molecule has 3 nitrogen and oxygen atoms in total. The number of methoxy groups -OCH3 is 1. The smallest absolute Gasteiger partial charge is 0.116 e. The highest BCUT2D eigenvalue weighted by Gasteiger charge is 2.09.